The molecule has 2 atom stereocenters. The molecule has 24 nitrogen and oxygen atoms in total. The van der Waals surface area contributed by atoms with Crippen LogP contribution in [0.15, 0.2) is 115 Å². The quantitative estimate of drug-likeness (QED) is 0.0708. The molecule has 0 radical (unpaired) electrons. The van der Waals surface area contributed by atoms with Crippen LogP contribution in [0.2, 0.25) is 0 Å². The number of hydrogen-bond donors (Lipinski definition) is 1. The maximum atomic E-state index is 10.6. The van der Waals surface area contributed by atoms with E-state index in [0.717, 1.165) is 34.1 Å². The van der Waals surface area contributed by atoms with E-state index in [9.17, 15) is 64.3 Å². The molecular weight excluding hydrogens is 1020 g/mol. The molecule has 5 aromatic heterocycles. The van der Waals surface area contributed by atoms with Crippen LogP contribution in [0.25, 0.3) is 6.08 Å². The summed E-state index contributed by atoms with van der Waals surface area (Å²) in [5.74, 6) is -0.132. The molecule has 1 N–H and O–H groups in total. The van der Waals surface area contributed by atoms with Gasteiger partial charge in [0, 0.05) is 60.1 Å². The third-order valence-electron chi connectivity index (χ3n) is 7.66. The summed E-state index contributed by atoms with van der Waals surface area (Å²) < 4.78 is 27.0. The summed E-state index contributed by atoms with van der Waals surface area (Å²) in [4.78, 5) is 70.4. The third-order valence-corrected chi connectivity index (χ3v) is 8.13. The molecule has 0 amide bonds. The van der Waals surface area contributed by atoms with Crippen molar-refractivity contribution in [2.24, 2.45) is 0 Å². The van der Waals surface area contributed by atoms with Gasteiger partial charge in [-0.25, -0.2) is 0 Å². The van der Waals surface area contributed by atoms with Gasteiger partial charge in [-0.1, -0.05) is 18.6 Å². The maximum Gasteiger partial charge on any atom is 1.00 e. The smallest absolute Gasteiger partial charge is 1.00 e. The Hall–Kier alpha value is -5.96. The minimum Gasteiger partial charge on any atom is -1.00 e. The number of hydrogen-bond acceptors (Lipinski definition) is 19. The Morgan fingerprint density at radius 1 is 0.710 bits per heavy atom. The average Bonchev–Trinajstić information content (AvgIpc) is 4.16. The van der Waals surface area contributed by atoms with E-state index >= 15 is 0 Å². The molecule has 0 aliphatic carbocycles. The van der Waals surface area contributed by atoms with Crippen LogP contribution in [0.4, 0.5) is 37.7 Å². The Kier molecular flexibility index (Phi) is 33.2. The van der Waals surface area contributed by atoms with Crippen molar-refractivity contribution in [3.63, 3.8) is 0 Å². The van der Waals surface area contributed by atoms with Crippen molar-refractivity contribution < 1.29 is 99.2 Å². The van der Waals surface area contributed by atoms with Gasteiger partial charge in [0.2, 0.25) is 0 Å². The molecule has 0 aromatic carbocycles. The van der Waals surface area contributed by atoms with Crippen molar-refractivity contribution in [2.75, 3.05) is 47.9 Å². The molecule has 0 saturated carbocycles. The first-order valence-corrected chi connectivity index (χ1v) is 19.7. The summed E-state index contributed by atoms with van der Waals surface area (Å²) in [6.07, 6.45) is 9.04. The summed E-state index contributed by atoms with van der Waals surface area (Å²) in [5, 5.41) is 60.7. The van der Waals surface area contributed by atoms with Crippen molar-refractivity contribution in [1.29, 1.82) is 0 Å². The second kappa shape index (κ2) is 35.2. The number of nitro groups is 5. The first-order chi connectivity index (χ1) is 31.6. The van der Waals surface area contributed by atoms with Crippen LogP contribution in [0.1, 0.15) is 34.5 Å². The minimum atomic E-state index is -2.35. The minimum absolute atomic E-state index is 0. The number of epoxide rings is 1. The third kappa shape index (κ3) is 28.9. The molecule has 1 saturated heterocycles. The van der Waals surface area contributed by atoms with E-state index in [4.69, 9.17) is 4.74 Å². The maximum absolute atomic E-state index is 10.6. The molecule has 5 aromatic rings. The number of halogens is 4. The van der Waals surface area contributed by atoms with Crippen molar-refractivity contribution in [1.82, 2.24) is 34.7 Å². The Morgan fingerprint density at radius 3 is 1.43 bits per heavy atom. The van der Waals surface area contributed by atoms with Crippen molar-refractivity contribution in [3.05, 3.63) is 188 Å². The summed E-state index contributed by atoms with van der Waals surface area (Å²) in [6.45, 7) is 8.37. The zero-order valence-electron chi connectivity index (χ0n) is 37.6. The molecule has 364 valence electrons. The van der Waals surface area contributed by atoms with Crippen LogP contribution in [-0.2, 0) is 11.2 Å². The van der Waals surface area contributed by atoms with Gasteiger partial charge in [0.1, 0.15) is 30.9 Å². The largest absolute Gasteiger partial charge is 1.00 e. The van der Waals surface area contributed by atoms with Crippen molar-refractivity contribution in [2.45, 2.75) is 18.6 Å². The first-order valence-electron chi connectivity index (χ1n) is 18.9. The van der Waals surface area contributed by atoms with E-state index in [1.165, 1.54) is 61.2 Å². The van der Waals surface area contributed by atoms with E-state index in [0.29, 0.717) is 24.7 Å². The molecule has 1 aliphatic rings. The van der Waals surface area contributed by atoms with Crippen LogP contribution in [0.5, 0.6) is 0 Å². The Bertz CT molecular complexity index is 2350. The van der Waals surface area contributed by atoms with Crippen molar-refractivity contribution in [3.8, 4) is 0 Å². The van der Waals surface area contributed by atoms with Gasteiger partial charge in [-0.2, -0.15) is 0 Å². The molecule has 0 spiro atoms. The number of nitrogens with zero attached hydrogens (tertiary/aromatic N) is 12. The van der Waals surface area contributed by atoms with E-state index in [-0.39, 0.29) is 91.3 Å². The fourth-order valence-electron chi connectivity index (χ4n) is 4.22. The van der Waals surface area contributed by atoms with Gasteiger partial charge in [-0.15, -0.1) is 6.58 Å². The fourth-order valence-corrected chi connectivity index (χ4v) is 4.45. The predicted molar refractivity (Wildman–Crippen MR) is 245 cm³/mol. The molecule has 69 heavy (non-hydrogen) atoms. The fraction of sp³-hybridized carbons (Fsp3) is 0.256. The summed E-state index contributed by atoms with van der Waals surface area (Å²) in [7, 11) is 5.29. The van der Waals surface area contributed by atoms with Gasteiger partial charge in [0.05, 0.1) is 17.2 Å². The average molecular weight is 1060 g/mol. The van der Waals surface area contributed by atoms with Crippen LogP contribution >= 0.6 is 15.9 Å². The number of aliphatic hydroxyl groups excluding tert-OH is 1. The zero-order valence-corrected chi connectivity index (χ0v) is 42.3. The molecule has 1 aliphatic heterocycles. The number of pyridine rings is 5. The number of aliphatic hydroxyl groups is 1. The molecular formula is C39H44BBrF3KN12O12. The molecule has 6 rings (SSSR count). The standard InChI is InChI=1S/C9H13N3O3.C9H13N3O2.C7H6N2O3.C7H6N2O2.C5H3BrN2O2.C2H3BF2.FH.K/c1-11(2)6-8(13)7-3-4-9(10-5-7)12(14)15;1-11(2)6-5-8-3-4-9(10-7-8)12(13)14;10-9(11)7-2-1-5(3-8-7)6-4-12-6;1-2-6-3-4-7(8-5-6)9(10)11;6-4-1-2-5(7-3-4)8(9)10;1-2-3(4)5;;/h3-5,8,13H,6H2,1-2H3;3-4,7H,5-6H2,1-2H3;1-3,6H,4H2;2-5H,1H2;1-3H;2H,1H2;1H;/q;;;;;;;+1/p-1. The normalized spacial score (nSPS) is 11.8. The number of ether oxygens (including phenoxy) is 1. The molecule has 6 heterocycles. The molecule has 30 heteroatoms. The first kappa shape index (κ1) is 65.1. The molecule has 0 bridgehead atoms. The second-order valence-electron chi connectivity index (χ2n) is 13.4. The Labute approximate surface area is 443 Å². The van der Waals surface area contributed by atoms with Crippen LogP contribution < -0.4 is 56.1 Å². The summed E-state index contributed by atoms with van der Waals surface area (Å²) >= 11 is 3.11. The topological polar surface area (TPSA) is 319 Å². The van der Waals surface area contributed by atoms with Crippen molar-refractivity contribution >= 4 is 58.4 Å². The van der Waals surface area contributed by atoms with Crippen LogP contribution in [0.3, 0.4) is 0 Å². The Morgan fingerprint density at radius 2 is 1.13 bits per heavy atom. The SMILES string of the molecule is C=CB(F)F.C=Cc1ccc([N+](=O)[O-])nc1.CN(C)CC(O)c1ccc([N+](=O)[O-])nc1.CN(C)CCc1ccc([N+](=O)[O-])nc1.O=[N+]([O-])c1ccc(Br)cn1.O=[N+]([O-])c1ccc(C2CO2)cn1.[F-].[K+]. The van der Waals surface area contributed by atoms with Crippen LogP contribution in [-0.4, -0.2) is 120 Å². The number of aromatic nitrogens is 5. The van der Waals surface area contributed by atoms with E-state index in [1.54, 1.807) is 36.5 Å². The van der Waals surface area contributed by atoms with E-state index < -0.39 is 38.0 Å². The number of likely N-dealkylation sites (N-methyl/N-ethyl adjacent to an activating group) is 2. The van der Waals surface area contributed by atoms with Gasteiger partial charge < -0.3 is 74.9 Å². The summed E-state index contributed by atoms with van der Waals surface area (Å²) in [6, 6.07) is 14.9. The molecule has 2 unspecified atom stereocenters. The Balaban J connectivity index is 0. The van der Waals surface area contributed by atoms with E-state index in [1.807, 2.05) is 33.1 Å². The van der Waals surface area contributed by atoms with Crippen LogP contribution in [0, 0.1) is 50.6 Å². The van der Waals surface area contributed by atoms with Gasteiger partial charge in [0.25, 0.3) is 0 Å². The van der Waals surface area contributed by atoms with Gasteiger partial charge >= 0.3 is 87.7 Å². The predicted octanol–water partition coefficient (Wildman–Crippen LogP) is 1.27. The van der Waals surface area contributed by atoms with E-state index in [2.05, 4.69) is 58.9 Å². The van der Waals surface area contributed by atoms with Gasteiger partial charge in [-0.05, 0) is 136 Å². The zero-order chi connectivity index (χ0) is 50.6. The number of rotatable bonds is 14. The monoisotopic (exact) mass is 1060 g/mol. The van der Waals surface area contributed by atoms with Gasteiger partial charge in [-0.3, -0.25) is 8.63 Å². The second-order valence-corrected chi connectivity index (χ2v) is 14.3. The molecule has 1 fully saturated rings. The summed E-state index contributed by atoms with van der Waals surface area (Å²) in [5.41, 5.74) is 3.27. The van der Waals surface area contributed by atoms with Gasteiger partial charge in [0.15, 0.2) is 6.20 Å².